The van der Waals surface area contributed by atoms with E-state index in [9.17, 15) is 9.59 Å². The fourth-order valence-corrected chi connectivity index (χ4v) is 7.46. The largest absolute Gasteiger partial charge is 0.302 e. The number of Topliss-reactive ketones (excluding diaryl/α,β-unsaturated/α-hetero) is 1. The summed E-state index contributed by atoms with van der Waals surface area (Å²) in [5.41, 5.74) is 4.32. The zero-order valence-electron chi connectivity index (χ0n) is 17.7. The van der Waals surface area contributed by atoms with E-state index in [2.05, 4.69) is 47.7 Å². The predicted molar refractivity (Wildman–Crippen MR) is 116 cm³/mol. The molecule has 0 bridgehead atoms. The molecule has 0 amide bonds. The summed E-state index contributed by atoms with van der Waals surface area (Å²) in [6.45, 7) is 4.67. The van der Waals surface area contributed by atoms with Crippen LogP contribution in [0.15, 0.2) is 48.3 Å². The quantitative estimate of drug-likeness (QED) is 0.661. The van der Waals surface area contributed by atoms with Gasteiger partial charge in [-0.15, -0.1) is 0 Å². The second kappa shape index (κ2) is 6.03. The smallest absolute Gasteiger partial charge is 0.159 e. The van der Waals surface area contributed by atoms with Crippen molar-refractivity contribution in [3.8, 4) is 0 Å². The van der Waals surface area contributed by atoms with Crippen LogP contribution >= 0.6 is 0 Å². The standard InChI is InChI=1S/C26H28N2O2/c1-25-11-9-16(29)13-20(25)23(30)14-17-18-7-8-24(26(18,2)12-10-19(17)25)28-15-27-21-5-3-4-6-22(21)28/h3-6,8,13,15,17-19H,7,9-12,14H2,1-2H3/t17-,18-,19-,25+,26-/m0/s1. The van der Waals surface area contributed by atoms with Gasteiger partial charge in [0.2, 0.25) is 0 Å². The van der Waals surface area contributed by atoms with Crippen LogP contribution in [0, 0.1) is 28.6 Å². The highest BCUT2D eigenvalue weighted by Gasteiger charge is 2.59. The Bertz CT molecular complexity index is 1150. The molecule has 4 heteroatoms. The molecule has 2 fully saturated rings. The average Bonchev–Trinajstić information content (AvgIpc) is 3.30. The van der Waals surface area contributed by atoms with E-state index in [-0.39, 0.29) is 22.4 Å². The second-order valence-electron chi connectivity index (χ2n) is 10.3. The van der Waals surface area contributed by atoms with Gasteiger partial charge in [0, 0.05) is 29.5 Å². The fourth-order valence-electron chi connectivity index (χ4n) is 7.46. The number of hydrogen-bond donors (Lipinski definition) is 0. The van der Waals surface area contributed by atoms with Crippen LogP contribution in [0.4, 0.5) is 0 Å². The number of rotatable bonds is 1. The van der Waals surface area contributed by atoms with Gasteiger partial charge in [-0.2, -0.15) is 0 Å². The van der Waals surface area contributed by atoms with Gasteiger partial charge in [-0.1, -0.05) is 32.1 Å². The Labute approximate surface area is 177 Å². The minimum absolute atomic E-state index is 0.0625. The van der Waals surface area contributed by atoms with Gasteiger partial charge in [0.25, 0.3) is 0 Å². The molecular formula is C26H28N2O2. The highest BCUT2D eigenvalue weighted by molar-refractivity contribution is 6.05. The Kier molecular flexibility index (Phi) is 3.67. The van der Waals surface area contributed by atoms with E-state index in [4.69, 9.17) is 0 Å². The van der Waals surface area contributed by atoms with E-state index in [0.29, 0.717) is 30.6 Å². The molecule has 0 spiro atoms. The number of carbonyl (C=O) groups excluding carboxylic acids is 2. The molecule has 4 aliphatic carbocycles. The molecule has 154 valence electrons. The van der Waals surface area contributed by atoms with Gasteiger partial charge in [-0.25, -0.2) is 4.98 Å². The normalized spacial score (nSPS) is 38.0. The molecule has 0 unspecified atom stereocenters. The molecule has 2 aromatic rings. The summed E-state index contributed by atoms with van der Waals surface area (Å²) in [7, 11) is 0. The Morgan fingerprint density at radius 2 is 1.90 bits per heavy atom. The maximum Gasteiger partial charge on any atom is 0.159 e. The van der Waals surface area contributed by atoms with E-state index in [1.54, 1.807) is 6.08 Å². The maximum absolute atomic E-state index is 13.2. The van der Waals surface area contributed by atoms with Crippen molar-refractivity contribution < 1.29 is 9.59 Å². The lowest BCUT2D eigenvalue weighted by molar-refractivity contribution is -0.129. The van der Waals surface area contributed by atoms with Crippen LogP contribution in [0.5, 0.6) is 0 Å². The SMILES string of the molecule is C[C@]12CCC(=O)C=C1C(=O)C[C@@H]1[C@@H]2CC[C@]2(C)C(n3cnc4ccccc43)=CC[C@@H]12. The van der Waals surface area contributed by atoms with E-state index >= 15 is 0 Å². The van der Waals surface area contributed by atoms with Gasteiger partial charge in [0.1, 0.15) is 6.33 Å². The lowest BCUT2D eigenvalue weighted by Gasteiger charge is -2.57. The molecule has 30 heavy (non-hydrogen) atoms. The molecule has 2 saturated carbocycles. The van der Waals surface area contributed by atoms with Crippen LogP contribution in [0.3, 0.4) is 0 Å². The summed E-state index contributed by atoms with van der Waals surface area (Å²) < 4.78 is 2.28. The summed E-state index contributed by atoms with van der Waals surface area (Å²) in [5.74, 6) is 1.73. The zero-order chi connectivity index (χ0) is 20.7. The van der Waals surface area contributed by atoms with Crippen molar-refractivity contribution in [1.29, 1.82) is 0 Å². The minimum Gasteiger partial charge on any atom is -0.302 e. The summed E-state index contributed by atoms with van der Waals surface area (Å²) in [6, 6.07) is 8.32. The summed E-state index contributed by atoms with van der Waals surface area (Å²) >= 11 is 0. The Morgan fingerprint density at radius 3 is 2.77 bits per heavy atom. The second-order valence-corrected chi connectivity index (χ2v) is 10.3. The number of aromatic nitrogens is 2. The van der Waals surface area contributed by atoms with Crippen LogP contribution < -0.4 is 0 Å². The van der Waals surface area contributed by atoms with E-state index < -0.39 is 0 Å². The van der Waals surface area contributed by atoms with Gasteiger partial charge < -0.3 is 4.57 Å². The Balaban J connectivity index is 1.39. The summed E-state index contributed by atoms with van der Waals surface area (Å²) in [6.07, 6.45) is 11.4. The first-order valence-corrected chi connectivity index (χ1v) is 11.3. The van der Waals surface area contributed by atoms with E-state index in [0.717, 1.165) is 42.3 Å². The molecule has 4 nitrogen and oxygen atoms in total. The van der Waals surface area contributed by atoms with Gasteiger partial charge in [-0.05, 0) is 67.1 Å². The van der Waals surface area contributed by atoms with Crippen LogP contribution in [-0.4, -0.2) is 21.1 Å². The fraction of sp³-hybridized carbons (Fsp3) is 0.500. The molecule has 0 radical (unpaired) electrons. The number of fused-ring (bicyclic) bond motifs is 6. The van der Waals surface area contributed by atoms with E-state index in [1.807, 2.05) is 12.4 Å². The number of hydrogen-bond acceptors (Lipinski definition) is 3. The monoisotopic (exact) mass is 400 g/mol. The van der Waals surface area contributed by atoms with Crippen LogP contribution in [-0.2, 0) is 9.59 Å². The molecule has 0 saturated heterocycles. The first-order chi connectivity index (χ1) is 14.4. The van der Waals surface area contributed by atoms with Crippen LogP contribution in [0.1, 0.15) is 52.4 Å². The minimum atomic E-state index is -0.125. The number of nitrogens with zero attached hydrogens (tertiary/aromatic N) is 2. The van der Waals surface area contributed by atoms with Crippen molar-refractivity contribution in [3.05, 3.63) is 48.3 Å². The molecule has 0 N–H and O–H groups in total. The lowest BCUT2D eigenvalue weighted by Crippen LogP contribution is -2.52. The molecule has 1 heterocycles. The van der Waals surface area contributed by atoms with Crippen molar-refractivity contribution in [2.75, 3.05) is 0 Å². The van der Waals surface area contributed by atoms with Gasteiger partial charge >= 0.3 is 0 Å². The first kappa shape index (κ1) is 18.3. The maximum atomic E-state index is 13.2. The first-order valence-electron chi connectivity index (χ1n) is 11.3. The molecule has 0 aliphatic heterocycles. The molecule has 1 aromatic carbocycles. The zero-order valence-corrected chi connectivity index (χ0v) is 17.7. The van der Waals surface area contributed by atoms with Crippen LogP contribution in [0.25, 0.3) is 16.7 Å². The van der Waals surface area contributed by atoms with Gasteiger partial charge in [-0.3, -0.25) is 9.59 Å². The molecule has 5 atom stereocenters. The molecular weight excluding hydrogens is 372 g/mol. The number of benzene rings is 1. The number of imidazole rings is 1. The number of carbonyl (C=O) groups is 2. The van der Waals surface area contributed by atoms with Gasteiger partial charge in [0.15, 0.2) is 11.6 Å². The molecule has 4 aliphatic rings. The third-order valence-electron chi connectivity index (χ3n) is 9.04. The van der Waals surface area contributed by atoms with Crippen molar-refractivity contribution in [2.24, 2.45) is 28.6 Å². The summed E-state index contributed by atoms with van der Waals surface area (Å²) in [4.78, 5) is 29.8. The average molecular weight is 401 g/mol. The highest BCUT2D eigenvalue weighted by atomic mass is 16.1. The van der Waals surface area contributed by atoms with Crippen molar-refractivity contribution in [3.63, 3.8) is 0 Å². The molecule has 6 rings (SSSR count). The van der Waals surface area contributed by atoms with Crippen LogP contribution in [0.2, 0.25) is 0 Å². The highest BCUT2D eigenvalue weighted by Crippen LogP contribution is 2.65. The Hall–Kier alpha value is -2.49. The van der Waals surface area contributed by atoms with Gasteiger partial charge in [0.05, 0.1) is 11.0 Å². The molecule has 1 aromatic heterocycles. The van der Waals surface area contributed by atoms with E-state index in [1.165, 1.54) is 5.70 Å². The van der Waals surface area contributed by atoms with Crippen molar-refractivity contribution in [2.45, 2.75) is 52.4 Å². The lowest BCUT2D eigenvalue weighted by atomic mass is 9.47. The number of para-hydroxylation sites is 2. The van der Waals surface area contributed by atoms with Crippen molar-refractivity contribution in [1.82, 2.24) is 9.55 Å². The predicted octanol–water partition coefficient (Wildman–Crippen LogP) is 5.20. The Morgan fingerprint density at radius 1 is 1.07 bits per heavy atom. The summed E-state index contributed by atoms with van der Waals surface area (Å²) in [5, 5.41) is 0. The van der Waals surface area contributed by atoms with Crippen molar-refractivity contribution >= 4 is 28.3 Å². The topological polar surface area (TPSA) is 52.0 Å². The third kappa shape index (κ3) is 2.25. The third-order valence-corrected chi connectivity index (χ3v) is 9.04. The number of allylic oxidation sites excluding steroid dienone is 4. The number of ketones is 2.